The van der Waals surface area contributed by atoms with Gasteiger partial charge >= 0.3 is 0 Å². The summed E-state index contributed by atoms with van der Waals surface area (Å²) in [5, 5.41) is 13.0. The molecule has 9 atom stereocenters. The second-order valence-electron chi connectivity index (χ2n) is 13.8. The van der Waals surface area contributed by atoms with Crippen LogP contribution in [0.5, 0.6) is 0 Å². The maximum Gasteiger partial charge on any atom is 0.222 e. The fraction of sp³-hybridized carbons (Fsp3) is 0.871. The Morgan fingerprint density at radius 3 is 2.72 bits per heavy atom. The smallest absolute Gasteiger partial charge is 0.222 e. The van der Waals surface area contributed by atoms with Gasteiger partial charge in [-0.05, 0) is 111 Å². The van der Waals surface area contributed by atoms with Crippen LogP contribution in [0.3, 0.4) is 0 Å². The van der Waals surface area contributed by atoms with Crippen molar-refractivity contribution in [2.24, 2.45) is 46.3 Å². The molecule has 0 aromatic rings. The zero-order valence-corrected chi connectivity index (χ0v) is 23.2. The molecule has 1 saturated heterocycles. The van der Waals surface area contributed by atoms with Gasteiger partial charge in [0.05, 0.1) is 6.10 Å². The number of rotatable bonds is 6. The second kappa shape index (κ2) is 10.1. The van der Waals surface area contributed by atoms with Gasteiger partial charge in [0.2, 0.25) is 11.8 Å². The van der Waals surface area contributed by atoms with Crippen LogP contribution in [0.15, 0.2) is 11.6 Å². The molecule has 5 aliphatic rings. The van der Waals surface area contributed by atoms with Crippen molar-refractivity contribution in [3.8, 4) is 0 Å². The first-order valence-corrected chi connectivity index (χ1v) is 15.0. The number of carbonyl (C=O) groups is 2. The predicted molar refractivity (Wildman–Crippen MR) is 143 cm³/mol. The molecule has 5 nitrogen and oxygen atoms in total. The highest BCUT2D eigenvalue weighted by Crippen LogP contribution is 2.67. The van der Waals surface area contributed by atoms with Gasteiger partial charge in [-0.3, -0.25) is 9.59 Å². The molecule has 0 bridgehead atoms. The van der Waals surface area contributed by atoms with E-state index in [0.717, 1.165) is 68.9 Å². The monoisotopic (exact) mass is 498 g/mol. The van der Waals surface area contributed by atoms with E-state index in [0.29, 0.717) is 41.4 Å². The minimum absolute atomic E-state index is 0.0847. The summed E-state index contributed by atoms with van der Waals surface area (Å²) >= 11 is 0. The van der Waals surface area contributed by atoms with Crippen LogP contribution in [-0.2, 0) is 9.59 Å². The number of nitrogens with zero attached hydrogens (tertiary/aromatic N) is 1. The standard InChI is InChI=1S/C31H50N2O3/c1-20(5-10-29(36)33-16-13-21(19-33)17-28(35)32-4)25-8-9-26-24-7-6-22-18-23(34)11-14-30(22,2)27(24)12-15-31(25,26)3/h6,20-21,23-27,34H,5,7-19H2,1-4H3,(H,32,35)/t20-,21-,23+,24+,25-,26+,27+,30+,31-/m1/s1. The van der Waals surface area contributed by atoms with E-state index in [-0.39, 0.29) is 12.0 Å². The molecule has 5 rings (SSSR count). The highest BCUT2D eigenvalue weighted by atomic mass is 16.3. The van der Waals surface area contributed by atoms with Crippen LogP contribution in [0.4, 0.5) is 0 Å². The SMILES string of the molecule is CNC(=O)C[C@H]1CCN(C(=O)CC[C@@H](C)[C@H]2CC[C@H]3[C@@H]4CC=C5C[C@@H](O)CC[C@]5(C)[C@H]4CC[C@]23C)C1. The van der Waals surface area contributed by atoms with Crippen molar-refractivity contribution in [1.29, 1.82) is 0 Å². The molecule has 1 aliphatic heterocycles. The molecule has 202 valence electrons. The van der Waals surface area contributed by atoms with E-state index in [1.165, 1.54) is 32.1 Å². The lowest BCUT2D eigenvalue weighted by atomic mass is 9.47. The molecule has 0 aromatic heterocycles. The molecule has 0 radical (unpaired) electrons. The fourth-order valence-corrected chi connectivity index (χ4v) is 9.92. The van der Waals surface area contributed by atoms with Crippen molar-refractivity contribution in [3.63, 3.8) is 0 Å². The molecule has 4 aliphatic carbocycles. The molecule has 2 N–H and O–H groups in total. The van der Waals surface area contributed by atoms with Gasteiger partial charge in [-0.2, -0.15) is 0 Å². The summed E-state index contributed by atoms with van der Waals surface area (Å²) in [5.41, 5.74) is 2.28. The lowest BCUT2D eigenvalue weighted by Gasteiger charge is -2.58. The number of likely N-dealkylation sites (tertiary alicyclic amines) is 1. The Balaban J connectivity index is 1.18. The number of aliphatic hydroxyl groups excluding tert-OH is 1. The first-order valence-electron chi connectivity index (χ1n) is 15.0. The Bertz CT molecular complexity index is 885. The second-order valence-corrected chi connectivity index (χ2v) is 13.8. The van der Waals surface area contributed by atoms with Crippen LogP contribution >= 0.6 is 0 Å². The molecule has 5 heteroatoms. The first-order chi connectivity index (χ1) is 17.2. The van der Waals surface area contributed by atoms with Crippen molar-refractivity contribution in [2.75, 3.05) is 20.1 Å². The maximum atomic E-state index is 13.0. The molecule has 3 saturated carbocycles. The lowest BCUT2D eigenvalue weighted by molar-refractivity contribution is -0.131. The summed E-state index contributed by atoms with van der Waals surface area (Å²) in [6, 6.07) is 0. The van der Waals surface area contributed by atoms with Gasteiger partial charge in [0, 0.05) is 33.0 Å². The zero-order chi connectivity index (χ0) is 25.7. The highest BCUT2D eigenvalue weighted by molar-refractivity contribution is 5.77. The molecule has 0 spiro atoms. The van der Waals surface area contributed by atoms with Gasteiger partial charge < -0.3 is 15.3 Å². The van der Waals surface area contributed by atoms with Crippen molar-refractivity contribution >= 4 is 11.8 Å². The molecule has 0 unspecified atom stereocenters. The fourth-order valence-electron chi connectivity index (χ4n) is 9.92. The topological polar surface area (TPSA) is 69.6 Å². The van der Waals surface area contributed by atoms with Gasteiger partial charge in [0.15, 0.2) is 0 Å². The van der Waals surface area contributed by atoms with Crippen LogP contribution in [0, 0.1) is 46.3 Å². The normalized spacial score (nSPS) is 42.7. The summed E-state index contributed by atoms with van der Waals surface area (Å²) < 4.78 is 0. The van der Waals surface area contributed by atoms with Gasteiger partial charge in [0.1, 0.15) is 0 Å². The minimum atomic E-state index is -0.128. The average Bonchev–Trinajstić information content (AvgIpc) is 3.46. The van der Waals surface area contributed by atoms with E-state index in [1.807, 2.05) is 4.90 Å². The van der Waals surface area contributed by atoms with Crippen molar-refractivity contribution in [2.45, 2.75) is 104 Å². The molecule has 0 aromatic carbocycles. The number of allylic oxidation sites excluding steroid dienone is 1. The van der Waals surface area contributed by atoms with Gasteiger partial charge in [-0.25, -0.2) is 0 Å². The number of aliphatic hydroxyl groups is 1. The molecule has 4 fully saturated rings. The van der Waals surface area contributed by atoms with E-state index in [1.54, 1.807) is 12.6 Å². The number of fused-ring (bicyclic) bond motifs is 5. The number of hydrogen-bond donors (Lipinski definition) is 2. The van der Waals surface area contributed by atoms with Crippen LogP contribution in [0.1, 0.15) is 97.8 Å². The summed E-state index contributed by atoms with van der Waals surface area (Å²) in [7, 11) is 1.69. The first kappa shape index (κ1) is 26.3. The van der Waals surface area contributed by atoms with Crippen LogP contribution in [0.2, 0.25) is 0 Å². The van der Waals surface area contributed by atoms with Crippen LogP contribution in [0.25, 0.3) is 0 Å². The number of amides is 2. The number of nitrogens with one attached hydrogen (secondary N) is 1. The largest absolute Gasteiger partial charge is 0.393 e. The Kier molecular flexibility index (Phi) is 7.35. The Morgan fingerprint density at radius 1 is 1.14 bits per heavy atom. The summed E-state index contributed by atoms with van der Waals surface area (Å²) in [5.74, 6) is 4.40. The minimum Gasteiger partial charge on any atom is -0.393 e. The molecular formula is C31H50N2O3. The quantitative estimate of drug-likeness (QED) is 0.487. The Labute approximate surface area is 218 Å². The predicted octanol–water partition coefficient (Wildman–Crippen LogP) is 5.33. The average molecular weight is 499 g/mol. The maximum absolute atomic E-state index is 13.0. The van der Waals surface area contributed by atoms with E-state index in [2.05, 4.69) is 32.2 Å². The van der Waals surface area contributed by atoms with Gasteiger partial charge in [0.25, 0.3) is 0 Å². The molecule has 2 amide bonds. The van der Waals surface area contributed by atoms with Crippen LogP contribution < -0.4 is 5.32 Å². The van der Waals surface area contributed by atoms with E-state index in [4.69, 9.17) is 0 Å². The number of carbonyl (C=O) groups excluding carboxylic acids is 2. The Morgan fingerprint density at radius 2 is 1.94 bits per heavy atom. The van der Waals surface area contributed by atoms with Crippen molar-refractivity contribution < 1.29 is 14.7 Å². The molecule has 1 heterocycles. The van der Waals surface area contributed by atoms with E-state index in [9.17, 15) is 14.7 Å². The third-order valence-corrected chi connectivity index (χ3v) is 12.0. The van der Waals surface area contributed by atoms with Gasteiger partial charge in [-0.15, -0.1) is 0 Å². The Hall–Kier alpha value is -1.36. The van der Waals surface area contributed by atoms with Crippen molar-refractivity contribution in [1.82, 2.24) is 10.2 Å². The highest BCUT2D eigenvalue weighted by Gasteiger charge is 2.59. The summed E-state index contributed by atoms with van der Waals surface area (Å²) in [4.78, 5) is 26.7. The summed E-state index contributed by atoms with van der Waals surface area (Å²) in [6.07, 6.45) is 15.2. The molecule has 36 heavy (non-hydrogen) atoms. The lowest BCUT2D eigenvalue weighted by Crippen LogP contribution is -2.50. The zero-order valence-electron chi connectivity index (χ0n) is 23.2. The summed E-state index contributed by atoms with van der Waals surface area (Å²) in [6.45, 7) is 9.09. The van der Waals surface area contributed by atoms with Crippen molar-refractivity contribution in [3.05, 3.63) is 11.6 Å². The van der Waals surface area contributed by atoms with Gasteiger partial charge in [-0.1, -0.05) is 32.4 Å². The third kappa shape index (κ3) is 4.56. The number of hydrogen-bond acceptors (Lipinski definition) is 3. The third-order valence-electron chi connectivity index (χ3n) is 12.0. The van der Waals surface area contributed by atoms with Crippen LogP contribution in [-0.4, -0.2) is 48.1 Å². The van der Waals surface area contributed by atoms with E-state index < -0.39 is 0 Å². The van der Waals surface area contributed by atoms with E-state index >= 15 is 0 Å². The molecular weight excluding hydrogens is 448 g/mol.